The molecule has 2 fully saturated rings. The lowest BCUT2D eigenvalue weighted by molar-refractivity contribution is -0.170. The standard InChI is InChI=1S/C19H30N2O7/c1-18(2,3)27-13(22)8-12-15(23)21-10(9-20-12)7-11(16(24)25)14(21)17(26)28-19(4,5)6/h10-12,14,20H,7-9H2,1-6H3,(H,24,25)/t10-,11-,12-,14-/m0/s1. The minimum atomic E-state index is -1.21. The molecule has 1 amide bonds. The lowest BCUT2D eigenvalue weighted by Gasteiger charge is -2.38. The second-order valence-corrected chi connectivity index (χ2v) is 9.31. The monoisotopic (exact) mass is 398 g/mol. The van der Waals surface area contributed by atoms with Gasteiger partial charge in [0.15, 0.2) is 0 Å². The number of carbonyl (C=O) groups excluding carboxylic acids is 3. The molecule has 0 aromatic carbocycles. The van der Waals surface area contributed by atoms with Gasteiger partial charge in [-0.15, -0.1) is 0 Å². The van der Waals surface area contributed by atoms with E-state index in [0.29, 0.717) is 6.54 Å². The zero-order valence-corrected chi connectivity index (χ0v) is 17.3. The zero-order chi connectivity index (χ0) is 21.4. The first-order chi connectivity index (χ1) is 12.7. The maximum Gasteiger partial charge on any atom is 0.330 e. The van der Waals surface area contributed by atoms with Crippen LogP contribution in [0.5, 0.6) is 0 Å². The van der Waals surface area contributed by atoms with Crippen molar-refractivity contribution < 1.29 is 33.8 Å². The van der Waals surface area contributed by atoms with Crippen LogP contribution in [0, 0.1) is 5.92 Å². The van der Waals surface area contributed by atoms with Gasteiger partial charge < -0.3 is 24.8 Å². The highest BCUT2D eigenvalue weighted by Crippen LogP contribution is 2.34. The molecule has 0 bridgehead atoms. The van der Waals surface area contributed by atoms with E-state index in [0.717, 1.165) is 0 Å². The van der Waals surface area contributed by atoms with Crippen molar-refractivity contribution in [2.75, 3.05) is 6.54 Å². The molecule has 0 radical (unpaired) electrons. The molecule has 0 aromatic rings. The van der Waals surface area contributed by atoms with E-state index in [-0.39, 0.29) is 12.8 Å². The first kappa shape index (κ1) is 22.1. The molecule has 2 rings (SSSR count). The van der Waals surface area contributed by atoms with Gasteiger partial charge in [0.05, 0.1) is 18.4 Å². The number of carbonyl (C=O) groups is 4. The first-order valence-electron chi connectivity index (χ1n) is 9.42. The summed E-state index contributed by atoms with van der Waals surface area (Å²) in [7, 11) is 0. The number of piperazine rings is 1. The Morgan fingerprint density at radius 2 is 1.68 bits per heavy atom. The van der Waals surface area contributed by atoms with Crippen molar-refractivity contribution in [2.24, 2.45) is 5.92 Å². The van der Waals surface area contributed by atoms with Gasteiger partial charge in [0.25, 0.3) is 0 Å². The number of aliphatic carboxylic acids is 1. The molecule has 9 nitrogen and oxygen atoms in total. The molecule has 2 N–H and O–H groups in total. The van der Waals surface area contributed by atoms with Crippen molar-refractivity contribution in [1.29, 1.82) is 0 Å². The molecule has 28 heavy (non-hydrogen) atoms. The van der Waals surface area contributed by atoms with Crippen LogP contribution in [-0.4, -0.2) is 69.7 Å². The van der Waals surface area contributed by atoms with Crippen molar-refractivity contribution >= 4 is 23.8 Å². The van der Waals surface area contributed by atoms with E-state index in [1.54, 1.807) is 41.5 Å². The van der Waals surface area contributed by atoms with Gasteiger partial charge in [0.1, 0.15) is 17.2 Å². The Labute approximate surface area is 164 Å². The third kappa shape index (κ3) is 5.21. The fraction of sp³-hybridized carbons (Fsp3) is 0.789. The van der Waals surface area contributed by atoms with Gasteiger partial charge in [-0.1, -0.05) is 0 Å². The molecular weight excluding hydrogens is 368 g/mol. The fourth-order valence-electron chi connectivity index (χ4n) is 3.59. The summed E-state index contributed by atoms with van der Waals surface area (Å²) in [6.45, 7) is 10.5. The molecule has 0 aromatic heterocycles. The number of amides is 1. The minimum absolute atomic E-state index is 0.150. The number of carboxylic acids is 1. The number of nitrogens with zero attached hydrogens (tertiary/aromatic N) is 1. The first-order valence-corrected chi connectivity index (χ1v) is 9.42. The Kier molecular flexibility index (Phi) is 6.08. The summed E-state index contributed by atoms with van der Waals surface area (Å²) in [6.07, 6.45) is -0.0464. The second-order valence-electron chi connectivity index (χ2n) is 9.31. The van der Waals surface area contributed by atoms with E-state index in [1.807, 2.05) is 0 Å². The Morgan fingerprint density at radius 3 is 2.18 bits per heavy atom. The molecule has 2 aliphatic rings. The maximum atomic E-state index is 13.0. The maximum absolute atomic E-state index is 13.0. The number of fused-ring (bicyclic) bond motifs is 1. The van der Waals surface area contributed by atoms with E-state index < -0.39 is 59.1 Å². The summed E-state index contributed by atoms with van der Waals surface area (Å²) >= 11 is 0. The predicted octanol–water partition coefficient (Wildman–Crippen LogP) is 0.702. The summed E-state index contributed by atoms with van der Waals surface area (Å²) in [4.78, 5) is 50.8. The van der Waals surface area contributed by atoms with Crippen LogP contribution >= 0.6 is 0 Å². The van der Waals surface area contributed by atoms with Crippen molar-refractivity contribution in [3.63, 3.8) is 0 Å². The third-order valence-electron chi connectivity index (χ3n) is 4.51. The van der Waals surface area contributed by atoms with Crippen LogP contribution in [0.25, 0.3) is 0 Å². The summed E-state index contributed by atoms with van der Waals surface area (Å²) in [6, 6.07) is -2.53. The van der Waals surface area contributed by atoms with Gasteiger partial charge in [-0.2, -0.15) is 0 Å². The van der Waals surface area contributed by atoms with Gasteiger partial charge in [-0.05, 0) is 48.0 Å². The van der Waals surface area contributed by atoms with Crippen LogP contribution in [0.15, 0.2) is 0 Å². The lowest BCUT2D eigenvalue weighted by atomic mass is 9.99. The topological polar surface area (TPSA) is 122 Å². The van der Waals surface area contributed by atoms with E-state index in [2.05, 4.69) is 5.32 Å². The molecule has 4 atom stereocenters. The highest BCUT2D eigenvalue weighted by Gasteiger charge is 2.55. The van der Waals surface area contributed by atoms with Crippen LogP contribution in [0.4, 0.5) is 0 Å². The summed E-state index contributed by atoms with van der Waals surface area (Å²) in [5, 5.41) is 12.5. The Morgan fingerprint density at radius 1 is 1.11 bits per heavy atom. The SMILES string of the molecule is CC(C)(C)OC(=O)C[C@@H]1NC[C@@H]2C[C@H](C(=O)O)[C@@H](C(=O)OC(C)(C)C)N2C1=O. The molecule has 158 valence electrons. The van der Waals surface area contributed by atoms with Gasteiger partial charge in [-0.25, -0.2) is 4.79 Å². The second kappa shape index (κ2) is 7.69. The average Bonchev–Trinajstić information content (AvgIpc) is 2.87. The highest BCUT2D eigenvalue weighted by molar-refractivity contribution is 5.94. The Hall–Kier alpha value is -2.16. The average molecular weight is 398 g/mol. The van der Waals surface area contributed by atoms with Crippen LogP contribution in [0.1, 0.15) is 54.4 Å². The molecule has 0 saturated carbocycles. The molecule has 0 unspecified atom stereocenters. The number of esters is 2. The van der Waals surface area contributed by atoms with Crippen molar-refractivity contribution in [1.82, 2.24) is 10.2 Å². The summed E-state index contributed by atoms with van der Waals surface area (Å²) in [5.74, 6) is -3.97. The summed E-state index contributed by atoms with van der Waals surface area (Å²) in [5.41, 5.74) is -1.50. The van der Waals surface area contributed by atoms with Gasteiger partial charge in [-0.3, -0.25) is 14.4 Å². The smallest absolute Gasteiger partial charge is 0.330 e. The fourth-order valence-corrected chi connectivity index (χ4v) is 3.59. The van der Waals surface area contributed by atoms with Crippen LogP contribution in [-0.2, 0) is 28.7 Å². The van der Waals surface area contributed by atoms with Crippen molar-refractivity contribution in [3.8, 4) is 0 Å². The molecular formula is C19H30N2O7. The van der Waals surface area contributed by atoms with E-state index in [9.17, 15) is 24.3 Å². The van der Waals surface area contributed by atoms with Crippen LogP contribution in [0.2, 0.25) is 0 Å². The summed E-state index contributed by atoms with van der Waals surface area (Å²) < 4.78 is 10.6. The van der Waals surface area contributed by atoms with Gasteiger partial charge in [0, 0.05) is 12.6 Å². The third-order valence-corrected chi connectivity index (χ3v) is 4.51. The van der Waals surface area contributed by atoms with Crippen LogP contribution in [0.3, 0.4) is 0 Å². The van der Waals surface area contributed by atoms with E-state index >= 15 is 0 Å². The number of ether oxygens (including phenoxy) is 2. The minimum Gasteiger partial charge on any atom is -0.481 e. The van der Waals surface area contributed by atoms with Gasteiger partial charge >= 0.3 is 17.9 Å². The largest absolute Gasteiger partial charge is 0.481 e. The van der Waals surface area contributed by atoms with Crippen LogP contribution < -0.4 is 5.32 Å². The number of hydrogen-bond donors (Lipinski definition) is 2. The van der Waals surface area contributed by atoms with Gasteiger partial charge in [0.2, 0.25) is 5.91 Å². The lowest BCUT2D eigenvalue weighted by Crippen LogP contribution is -2.62. The highest BCUT2D eigenvalue weighted by atomic mass is 16.6. The van der Waals surface area contributed by atoms with E-state index in [1.165, 1.54) is 4.90 Å². The zero-order valence-electron chi connectivity index (χ0n) is 17.3. The predicted molar refractivity (Wildman–Crippen MR) is 98.3 cm³/mol. The van der Waals surface area contributed by atoms with Crippen molar-refractivity contribution in [2.45, 2.75) is 83.7 Å². The quantitative estimate of drug-likeness (QED) is 0.664. The molecule has 0 aliphatic carbocycles. The number of hydrogen-bond acceptors (Lipinski definition) is 7. The Balaban J connectivity index is 2.21. The normalized spacial score (nSPS) is 27.9. The van der Waals surface area contributed by atoms with Crippen molar-refractivity contribution in [3.05, 3.63) is 0 Å². The number of rotatable bonds is 4. The molecule has 0 spiro atoms. The number of carboxylic acid groups (broad SMARTS) is 1. The van der Waals surface area contributed by atoms with E-state index in [4.69, 9.17) is 9.47 Å². The molecule has 2 saturated heterocycles. The Bertz CT molecular complexity index is 662. The molecule has 2 aliphatic heterocycles. The number of nitrogens with one attached hydrogen (secondary N) is 1. The molecule has 2 heterocycles. The molecule has 9 heteroatoms.